The average Bonchev–Trinajstić information content (AvgIpc) is 3.98. The Kier molecular flexibility index (Phi) is 12.4. The molecule has 1 amide bonds. The first-order valence-electron chi connectivity index (χ1n) is 17.2. The Labute approximate surface area is 338 Å². The molecule has 0 fully saturated rings. The highest BCUT2D eigenvalue weighted by molar-refractivity contribution is 5.86. The molecular formula is C39H40Cl2F2N12O2. The van der Waals surface area contributed by atoms with E-state index in [2.05, 4.69) is 20.4 Å². The van der Waals surface area contributed by atoms with Crippen molar-refractivity contribution in [3.63, 3.8) is 0 Å². The molecule has 0 radical (unpaired) electrons. The molecule has 6 heterocycles. The quantitative estimate of drug-likeness (QED) is 0.166. The lowest BCUT2D eigenvalue weighted by atomic mass is 10.0. The van der Waals surface area contributed by atoms with Crippen molar-refractivity contribution in [3.05, 3.63) is 121 Å². The number of halogens is 4. The van der Waals surface area contributed by atoms with E-state index in [0.717, 1.165) is 27.9 Å². The summed E-state index contributed by atoms with van der Waals surface area (Å²) in [7, 11) is 3.67. The van der Waals surface area contributed by atoms with Gasteiger partial charge in [-0.1, -0.05) is 24.3 Å². The highest BCUT2D eigenvalue weighted by Gasteiger charge is 2.27. The highest BCUT2D eigenvalue weighted by Crippen LogP contribution is 2.30. The monoisotopic (exact) mass is 816 g/mol. The molecule has 0 saturated carbocycles. The first-order chi connectivity index (χ1) is 26.3. The predicted octanol–water partition coefficient (Wildman–Crippen LogP) is 7.45. The van der Waals surface area contributed by atoms with Crippen LogP contribution in [0.3, 0.4) is 0 Å². The maximum Gasteiger partial charge on any atom is 0.408 e. The average molecular weight is 818 g/mol. The lowest BCUT2D eigenvalue weighted by Gasteiger charge is -2.33. The molecule has 8 rings (SSSR count). The van der Waals surface area contributed by atoms with Crippen LogP contribution in [0.15, 0.2) is 98.1 Å². The van der Waals surface area contributed by atoms with E-state index in [4.69, 9.17) is 15.7 Å². The van der Waals surface area contributed by atoms with Crippen molar-refractivity contribution >= 4 is 41.9 Å². The molecule has 14 nitrogen and oxygen atoms in total. The van der Waals surface area contributed by atoms with Gasteiger partial charge in [-0.3, -0.25) is 14.3 Å². The normalized spacial score (nSPS) is 11.2. The topological polar surface area (TPSA) is 163 Å². The van der Waals surface area contributed by atoms with Crippen LogP contribution in [0.1, 0.15) is 31.9 Å². The van der Waals surface area contributed by atoms with Crippen LogP contribution in [-0.2, 0) is 27.2 Å². The smallest absolute Gasteiger partial charge is 0.408 e. The van der Waals surface area contributed by atoms with Crippen molar-refractivity contribution in [2.45, 2.75) is 39.4 Å². The van der Waals surface area contributed by atoms with Crippen LogP contribution in [0.25, 0.3) is 56.1 Å². The zero-order chi connectivity index (χ0) is 39.0. The van der Waals surface area contributed by atoms with E-state index in [1.807, 2.05) is 50.9 Å². The van der Waals surface area contributed by atoms with Gasteiger partial charge in [0.25, 0.3) is 0 Å². The van der Waals surface area contributed by atoms with Crippen molar-refractivity contribution in [2.24, 2.45) is 19.8 Å². The molecule has 6 aromatic heterocycles. The van der Waals surface area contributed by atoms with Gasteiger partial charge in [0, 0.05) is 72.0 Å². The number of amides is 1. The van der Waals surface area contributed by atoms with Crippen molar-refractivity contribution in [2.75, 3.05) is 0 Å². The number of aromatic nitrogens is 10. The molecule has 0 saturated heterocycles. The zero-order valence-corrected chi connectivity index (χ0v) is 33.2. The Morgan fingerprint density at radius 2 is 1.16 bits per heavy atom. The van der Waals surface area contributed by atoms with E-state index in [-0.39, 0.29) is 43.7 Å². The third kappa shape index (κ3) is 8.77. The van der Waals surface area contributed by atoms with E-state index in [1.54, 1.807) is 88.3 Å². The van der Waals surface area contributed by atoms with Gasteiger partial charge < -0.3 is 10.8 Å². The van der Waals surface area contributed by atoms with E-state index >= 15 is 4.39 Å². The second-order valence-electron chi connectivity index (χ2n) is 13.9. The molecular weight excluding hydrogens is 777 g/mol. The fourth-order valence-electron chi connectivity index (χ4n) is 6.11. The number of carbonyl (C=O) groups is 1. The maximum atomic E-state index is 15.0. The molecule has 0 spiro atoms. The number of nitrogens with two attached hydrogens (primary N) is 1. The molecule has 3 N–H and O–H groups in total. The number of fused-ring (bicyclic) bond motifs is 2. The van der Waals surface area contributed by atoms with Gasteiger partial charge in [0.2, 0.25) is 0 Å². The summed E-state index contributed by atoms with van der Waals surface area (Å²) >= 11 is 0. The van der Waals surface area contributed by atoms with Gasteiger partial charge in [-0.2, -0.15) is 20.4 Å². The van der Waals surface area contributed by atoms with Gasteiger partial charge in [0.05, 0.1) is 77.5 Å². The molecule has 8 aromatic rings. The lowest BCUT2D eigenvalue weighted by Crippen LogP contribution is -2.44. The van der Waals surface area contributed by atoms with E-state index < -0.39 is 17.4 Å². The van der Waals surface area contributed by atoms with Crippen LogP contribution in [0.4, 0.5) is 13.6 Å². The first-order valence-corrected chi connectivity index (χ1v) is 17.2. The zero-order valence-electron chi connectivity index (χ0n) is 31.6. The standard InChI is InChI=1S/C22H23FN6O2.C17H15FN6.2ClH/c1-22(2,3)28(21(30)31)12-15-6-5-14(9-17(15)23)20-19-7-8-24-29(19)13-18(26-20)16-10-25-27(4)11-16;1-23-9-13(8-21-23)15-10-24-16(4-5-20-24)17(22-15)11-2-3-12(7-19)14(18)6-11;;/h5-11,13H,12H2,1-4H3,(H,30,31);2-6,8-10H,7,19H2,1H3;2*1H. The van der Waals surface area contributed by atoms with Crippen LogP contribution >= 0.6 is 24.8 Å². The minimum absolute atomic E-state index is 0. The number of rotatable bonds is 7. The Balaban J connectivity index is 0.000000216. The fraction of sp³-hybridized carbons (Fsp3) is 0.205. The summed E-state index contributed by atoms with van der Waals surface area (Å²) in [4.78, 5) is 22.3. The van der Waals surface area contributed by atoms with Crippen LogP contribution in [0.2, 0.25) is 0 Å². The molecule has 0 bridgehead atoms. The van der Waals surface area contributed by atoms with Crippen LogP contribution in [-0.4, -0.2) is 70.4 Å². The van der Waals surface area contributed by atoms with Gasteiger partial charge >= 0.3 is 6.09 Å². The predicted molar refractivity (Wildman–Crippen MR) is 217 cm³/mol. The number of carboxylic acid groups (broad SMARTS) is 1. The third-order valence-electron chi connectivity index (χ3n) is 9.02. The van der Waals surface area contributed by atoms with Crippen LogP contribution in [0.5, 0.6) is 0 Å². The summed E-state index contributed by atoms with van der Waals surface area (Å²) in [5.41, 5.74) is 12.8. The third-order valence-corrected chi connectivity index (χ3v) is 9.02. The maximum absolute atomic E-state index is 15.0. The van der Waals surface area contributed by atoms with E-state index in [0.29, 0.717) is 39.3 Å². The number of nitrogens with zero attached hydrogens (tertiary/aromatic N) is 11. The van der Waals surface area contributed by atoms with Gasteiger partial charge in [-0.15, -0.1) is 24.8 Å². The van der Waals surface area contributed by atoms with E-state index in [1.165, 1.54) is 17.0 Å². The second-order valence-corrected chi connectivity index (χ2v) is 13.9. The summed E-state index contributed by atoms with van der Waals surface area (Å²) < 4.78 is 36.0. The second kappa shape index (κ2) is 16.9. The van der Waals surface area contributed by atoms with Crippen LogP contribution in [0, 0.1) is 11.6 Å². The summed E-state index contributed by atoms with van der Waals surface area (Å²) in [5, 5.41) is 26.5. The summed E-state index contributed by atoms with van der Waals surface area (Å²) in [6.45, 7) is 5.44. The fourth-order valence-corrected chi connectivity index (χ4v) is 6.11. The first kappa shape index (κ1) is 41.9. The van der Waals surface area contributed by atoms with Crippen molar-refractivity contribution < 1.29 is 18.7 Å². The molecule has 57 heavy (non-hydrogen) atoms. The molecule has 296 valence electrons. The minimum Gasteiger partial charge on any atom is -0.465 e. The lowest BCUT2D eigenvalue weighted by molar-refractivity contribution is 0.0948. The minimum atomic E-state index is -1.09. The molecule has 0 unspecified atom stereocenters. The van der Waals surface area contributed by atoms with Crippen molar-refractivity contribution in [1.82, 2.24) is 53.7 Å². The van der Waals surface area contributed by atoms with Gasteiger partial charge in [0.15, 0.2) is 0 Å². The SMILES string of the molecule is Cl.Cl.Cn1cc(-c2cn3nccc3c(-c3ccc(CN(C(=O)O)C(C)(C)C)c(F)c3)n2)cn1.Cn1cc(-c2cn3nccc3c(-c3ccc(CN)c(F)c3)n2)cn1. The Morgan fingerprint density at radius 3 is 1.53 bits per heavy atom. The molecule has 18 heteroatoms. The number of hydrogen-bond acceptors (Lipinski definition) is 8. The Morgan fingerprint density at radius 1 is 0.702 bits per heavy atom. The van der Waals surface area contributed by atoms with Gasteiger partial charge in [-0.05, 0) is 45.0 Å². The molecule has 2 aromatic carbocycles. The van der Waals surface area contributed by atoms with Gasteiger partial charge in [-0.25, -0.2) is 32.6 Å². The summed E-state index contributed by atoms with van der Waals surface area (Å²) in [6.07, 6.45) is 13.1. The number of hydrogen-bond donors (Lipinski definition) is 2. The largest absolute Gasteiger partial charge is 0.465 e. The van der Waals surface area contributed by atoms with Gasteiger partial charge in [0.1, 0.15) is 11.6 Å². The molecule has 0 aliphatic heterocycles. The van der Waals surface area contributed by atoms with E-state index in [9.17, 15) is 14.3 Å². The molecule has 0 aliphatic rings. The van der Waals surface area contributed by atoms with Crippen LogP contribution < -0.4 is 5.73 Å². The summed E-state index contributed by atoms with van der Waals surface area (Å²) in [5.74, 6) is -0.819. The number of benzene rings is 2. The summed E-state index contributed by atoms with van der Waals surface area (Å²) in [6, 6.07) is 13.4. The Hall–Kier alpha value is -6.23. The van der Waals surface area contributed by atoms with Crippen molar-refractivity contribution in [3.8, 4) is 45.0 Å². The Bertz CT molecular complexity index is 2680. The molecule has 0 atom stereocenters. The number of aryl methyl sites for hydroxylation is 2. The molecule has 0 aliphatic carbocycles. The van der Waals surface area contributed by atoms with Crippen molar-refractivity contribution in [1.29, 1.82) is 0 Å². The highest BCUT2D eigenvalue weighted by atomic mass is 35.5.